The molecular weight excluding hydrogens is 290 g/mol. The molecule has 1 aliphatic rings. The summed E-state index contributed by atoms with van der Waals surface area (Å²) in [7, 11) is 0. The minimum absolute atomic E-state index is 0.108. The molecule has 3 aromatic rings. The molecule has 23 heavy (non-hydrogen) atoms. The second-order valence-corrected chi connectivity index (χ2v) is 5.58. The van der Waals surface area contributed by atoms with Crippen LogP contribution in [0.1, 0.15) is 0 Å². The molecule has 5 nitrogen and oxygen atoms in total. The molecule has 1 N–H and O–H groups in total. The second kappa shape index (κ2) is 5.85. The van der Waals surface area contributed by atoms with E-state index in [-0.39, 0.29) is 5.56 Å². The van der Waals surface area contributed by atoms with Crippen molar-refractivity contribution in [2.24, 2.45) is 0 Å². The number of hydrogen-bond donors (Lipinski definition) is 1. The molecule has 0 unspecified atom stereocenters. The first-order valence-corrected chi connectivity index (χ1v) is 7.73. The van der Waals surface area contributed by atoms with Crippen molar-refractivity contribution < 1.29 is 4.74 Å². The number of aromatic nitrogens is 2. The minimum Gasteiger partial charge on any atom is -0.378 e. The van der Waals surface area contributed by atoms with Crippen molar-refractivity contribution in [3.8, 4) is 11.4 Å². The fourth-order valence-corrected chi connectivity index (χ4v) is 2.87. The van der Waals surface area contributed by atoms with Gasteiger partial charge in [0.2, 0.25) is 0 Å². The van der Waals surface area contributed by atoms with E-state index in [1.165, 1.54) is 5.69 Å². The lowest BCUT2D eigenvalue weighted by atomic mass is 10.1. The predicted octanol–water partition coefficient (Wildman–Crippen LogP) is 2.43. The SMILES string of the molecule is O=c1[nH]c(-c2ccc(N3CCOCC3)cc2)nc2ccccc12. The Bertz CT molecular complexity index is 881. The second-order valence-electron chi connectivity index (χ2n) is 5.58. The summed E-state index contributed by atoms with van der Waals surface area (Å²) in [6.07, 6.45) is 0. The van der Waals surface area contributed by atoms with E-state index in [0.717, 1.165) is 31.9 Å². The van der Waals surface area contributed by atoms with Gasteiger partial charge >= 0.3 is 0 Å². The highest BCUT2D eigenvalue weighted by Crippen LogP contribution is 2.21. The smallest absolute Gasteiger partial charge is 0.259 e. The van der Waals surface area contributed by atoms with E-state index in [4.69, 9.17) is 4.74 Å². The third-order valence-corrected chi connectivity index (χ3v) is 4.13. The molecule has 0 atom stereocenters. The van der Waals surface area contributed by atoms with Gasteiger partial charge in [0.05, 0.1) is 24.1 Å². The maximum absolute atomic E-state index is 12.2. The van der Waals surface area contributed by atoms with Gasteiger partial charge in [0.1, 0.15) is 5.82 Å². The van der Waals surface area contributed by atoms with Crippen LogP contribution in [0.25, 0.3) is 22.3 Å². The molecule has 0 bridgehead atoms. The number of H-pyrrole nitrogens is 1. The van der Waals surface area contributed by atoms with E-state index < -0.39 is 0 Å². The molecular formula is C18H17N3O2. The van der Waals surface area contributed by atoms with Crippen LogP contribution in [0.4, 0.5) is 5.69 Å². The molecule has 1 aromatic heterocycles. The number of hydrogen-bond acceptors (Lipinski definition) is 4. The average Bonchev–Trinajstić information content (AvgIpc) is 2.63. The Kier molecular flexibility index (Phi) is 3.55. The fraction of sp³-hybridized carbons (Fsp3) is 0.222. The van der Waals surface area contributed by atoms with Crippen LogP contribution >= 0.6 is 0 Å². The molecule has 1 saturated heterocycles. The number of fused-ring (bicyclic) bond motifs is 1. The Morgan fingerprint density at radius 1 is 1.00 bits per heavy atom. The van der Waals surface area contributed by atoms with Gasteiger partial charge in [-0.15, -0.1) is 0 Å². The molecule has 2 heterocycles. The molecule has 0 spiro atoms. The molecule has 2 aromatic carbocycles. The van der Waals surface area contributed by atoms with Gasteiger partial charge < -0.3 is 14.6 Å². The number of nitrogens with zero attached hydrogens (tertiary/aromatic N) is 2. The number of rotatable bonds is 2. The third-order valence-electron chi connectivity index (χ3n) is 4.13. The van der Waals surface area contributed by atoms with Gasteiger partial charge in [-0.25, -0.2) is 4.98 Å². The molecule has 1 aliphatic heterocycles. The maximum atomic E-state index is 12.2. The normalized spacial score (nSPS) is 15.0. The summed E-state index contributed by atoms with van der Waals surface area (Å²) < 4.78 is 5.38. The summed E-state index contributed by atoms with van der Waals surface area (Å²) in [6.45, 7) is 3.34. The Labute approximate surface area is 133 Å². The van der Waals surface area contributed by atoms with Gasteiger partial charge in [0, 0.05) is 24.3 Å². The summed E-state index contributed by atoms with van der Waals surface area (Å²) in [5.74, 6) is 0.599. The summed E-state index contributed by atoms with van der Waals surface area (Å²) in [5, 5.41) is 0.612. The van der Waals surface area contributed by atoms with Gasteiger partial charge in [-0.3, -0.25) is 4.79 Å². The average molecular weight is 307 g/mol. The van der Waals surface area contributed by atoms with E-state index in [9.17, 15) is 4.79 Å². The summed E-state index contributed by atoms with van der Waals surface area (Å²) in [6, 6.07) is 15.5. The third kappa shape index (κ3) is 2.71. The van der Waals surface area contributed by atoms with E-state index in [1.807, 2.05) is 30.3 Å². The van der Waals surface area contributed by atoms with Crippen molar-refractivity contribution >= 4 is 16.6 Å². The van der Waals surface area contributed by atoms with Crippen LogP contribution in [-0.4, -0.2) is 36.3 Å². The number of anilines is 1. The first-order valence-electron chi connectivity index (χ1n) is 7.73. The number of morpholine rings is 1. The minimum atomic E-state index is -0.108. The molecule has 4 rings (SSSR count). The van der Waals surface area contributed by atoms with Crippen molar-refractivity contribution in [1.29, 1.82) is 0 Å². The van der Waals surface area contributed by atoms with Crippen LogP contribution in [0.3, 0.4) is 0 Å². The highest BCUT2D eigenvalue weighted by atomic mass is 16.5. The molecule has 1 fully saturated rings. The van der Waals surface area contributed by atoms with Crippen molar-refractivity contribution in [2.75, 3.05) is 31.2 Å². The van der Waals surface area contributed by atoms with Crippen LogP contribution in [0.5, 0.6) is 0 Å². The Hall–Kier alpha value is -2.66. The van der Waals surface area contributed by atoms with E-state index in [2.05, 4.69) is 27.0 Å². The van der Waals surface area contributed by atoms with Crippen LogP contribution in [-0.2, 0) is 4.74 Å². The number of ether oxygens (including phenoxy) is 1. The molecule has 0 amide bonds. The van der Waals surface area contributed by atoms with Gasteiger partial charge in [-0.05, 0) is 36.4 Å². The van der Waals surface area contributed by atoms with E-state index in [0.29, 0.717) is 16.7 Å². The number of para-hydroxylation sites is 1. The monoisotopic (exact) mass is 307 g/mol. The lowest BCUT2D eigenvalue weighted by Gasteiger charge is -2.28. The lowest BCUT2D eigenvalue weighted by Crippen LogP contribution is -2.36. The quantitative estimate of drug-likeness (QED) is 0.790. The van der Waals surface area contributed by atoms with Crippen LogP contribution < -0.4 is 10.5 Å². The van der Waals surface area contributed by atoms with Crippen LogP contribution in [0.2, 0.25) is 0 Å². The Morgan fingerprint density at radius 3 is 2.52 bits per heavy atom. The Balaban J connectivity index is 1.69. The number of benzene rings is 2. The largest absolute Gasteiger partial charge is 0.378 e. The Morgan fingerprint density at radius 2 is 1.74 bits per heavy atom. The van der Waals surface area contributed by atoms with Gasteiger partial charge in [-0.2, -0.15) is 0 Å². The number of aromatic amines is 1. The maximum Gasteiger partial charge on any atom is 0.259 e. The molecule has 0 aliphatic carbocycles. The van der Waals surface area contributed by atoms with Gasteiger partial charge in [0.15, 0.2) is 0 Å². The standard InChI is InChI=1S/C18H17N3O2/c22-18-15-3-1-2-4-16(15)19-17(20-18)13-5-7-14(8-6-13)21-9-11-23-12-10-21/h1-8H,9-12H2,(H,19,20,22). The van der Waals surface area contributed by atoms with E-state index in [1.54, 1.807) is 6.07 Å². The summed E-state index contributed by atoms with van der Waals surface area (Å²) >= 11 is 0. The highest BCUT2D eigenvalue weighted by Gasteiger charge is 2.11. The molecule has 0 saturated carbocycles. The zero-order chi connectivity index (χ0) is 15.6. The zero-order valence-electron chi connectivity index (χ0n) is 12.7. The molecule has 0 radical (unpaired) electrons. The molecule has 5 heteroatoms. The predicted molar refractivity (Wildman–Crippen MR) is 90.8 cm³/mol. The fourth-order valence-electron chi connectivity index (χ4n) is 2.87. The first-order chi connectivity index (χ1) is 11.3. The van der Waals surface area contributed by atoms with Crippen molar-refractivity contribution in [3.05, 3.63) is 58.9 Å². The van der Waals surface area contributed by atoms with Crippen molar-refractivity contribution in [3.63, 3.8) is 0 Å². The van der Waals surface area contributed by atoms with Crippen molar-refractivity contribution in [1.82, 2.24) is 9.97 Å². The lowest BCUT2D eigenvalue weighted by molar-refractivity contribution is 0.122. The van der Waals surface area contributed by atoms with Crippen LogP contribution in [0, 0.1) is 0 Å². The van der Waals surface area contributed by atoms with Gasteiger partial charge in [0.25, 0.3) is 5.56 Å². The number of nitrogens with one attached hydrogen (secondary N) is 1. The first kappa shape index (κ1) is 14.0. The van der Waals surface area contributed by atoms with Crippen LogP contribution in [0.15, 0.2) is 53.3 Å². The topological polar surface area (TPSA) is 58.2 Å². The molecule has 116 valence electrons. The van der Waals surface area contributed by atoms with Crippen molar-refractivity contribution in [2.45, 2.75) is 0 Å². The zero-order valence-corrected chi connectivity index (χ0v) is 12.7. The summed E-state index contributed by atoms with van der Waals surface area (Å²) in [5.41, 5.74) is 2.68. The van der Waals surface area contributed by atoms with E-state index >= 15 is 0 Å². The van der Waals surface area contributed by atoms with Gasteiger partial charge in [-0.1, -0.05) is 12.1 Å². The summed E-state index contributed by atoms with van der Waals surface area (Å²) in [4.78, 5) is 21.9. The highest BCUT2D eigenvalue weighted by molar-refractivity contribution is 5.79.